The van der Waals surface area contributed by atoms with Gasteiger partial charge in [0.05, 0.1) is 0 Å². The number of nitrogen functional groups attached to an aromatic ring is 1. The van der Waals surface area contributed by atoms with Crippen LogP contribution in [0.1, 0.15) is 35.4 Å². The predicted octanol–water partition coefficient (Wildman–Crippen LogP) is 1.13. The van der Waals surface area contributed by atoms with Crippen molar-refractivity contribution in [3.05, 3.63) is 4.88 Å². The zero-order chi connectivity index (χ0) is 15.0. The average Bonchev–Trinajstić information content (AvgIpc) is 3.19. The van der Waals surface area contributed by atoms with Crippen molar-refractivity contribution in [1.82, 2.24) is 9.88 Å². The van der Waals surface area contributed by atoms with Gasteiger partial charge in [-0.3, -0.25) is 4.79 Å². The highest BCUT2D eigenvalue weighted by molar-refractivity contribution is 7.18. The summed E-state index contributed by atoms with van der Waals surface area (Å²) in [6.07, 6.45) is 4.39. The molecule has 1 aliphatic heterocycles. The number of aromatic nitrogens is 1. The van der Waals surface area contributed by atoms with Crippen molar-refractivity contribution in [3.63, 3.8) is 0 Å². The van der Waals surface area contributed by atoms with E-state index in [4.69, 9.17) is 11.5 Å². The summed E-state index contributed by atoms with van der Waals surface area (Å²) in [5, 5.41) is 0.850. The first-order valence-electron chi connectivity index (χ1n) is 7.57. The molecule has 0 aromatic carbocycles. The van der Waals surface area contributed by atoms with Crippen molar-refractivity contribution >= 4 is 28.2 Å². The van der Waals surface area contributed by atoms with Crippen LogP contribution in [0, 0.1) is 5.92 Å². The largest absolute Gasteiger partial charge is 0.382 e. The van der Waals surface area contributed by atoms with E-state index in [0.717, 1.165) is 37.6 Å². The molecule has 2 fully saturated rings. The molecule has 2 aliphatic rings. The molecule has 0 radical (unpaired) electrons. The second kappa shape index (κ2) is 5.81. The Morgan fingerprint density at radius 3 is 2.67 bits per heavy atom. The minimum absolute atomic E-state index is 0.00291. The molecule has 1 aromatic rings. The molecule has 1 aromatic heterocycles. The van der Waals surface area contributed by atoms with Crippen LogP contribution in [-0.2, 0) is 0 Å². The van der Waals surface area contributed by atoms with Gasteiger partial charge in [0.25, 0.3) is 5.91 Å². The Morgan fingerprint density at radius 1 is 1.38 bits per heavy atom. The Labute approximate surface area is 129 Å². The number of hydrogen-bond acceptors (Lipinski definition) is 6. The molecule has 0 spiro atoms. The van der Waals surface area contributed by atoms with Gasteiger partial charge < -0.3 is 21.3 Å². The van der Waals surface area contributed by atoms with Crippen LogP contribution in [0.15, 0.2) is 0 Å². The summed E-state index contributed by atoms with van der Waals surface area (Å²) < 4.78 is 0. The van der Waals surface area contributed by atoms with Gasteiger partial charge in [-0.05, 0) is 31.6 Å². The van der Waals surface area contributed by atoms with Crippen molar-refractivity contribution in [2.75, 3.05) is 37.3 Å². The van der Waals surface area contributed by atoms with E-state index in [1.807, 2.05) is 7.05 Å². The quantitative estimate of drug-likeness (QED) is 0.870. The smallest absolute Gasteiger partial charge is 0.267 e. The van der Waals surface area contributed by atoms with Crippen LogP contribution >= 0.6 is 11.3 Å². The van der Waals surface area contributed by atoms with Crippen molar-refractivity contribution in [1.29, 1.82) is 0 Å². The molecule has 116 valence electrons. The van der Waals surface area contributed by atoms with Gasteiger partial charge in [-0.1, -0.05) is 11.3 Å². The van der Waals surface area contributed by atoms with Crippen LogP contribution in [0.4, 0.5) is 10.9 Å². The fraction of sp³-hybridized carbons (Fsp3) is 0.714. The van der Waals surface area contributed by atoms with E-state index in [-0.39, 0.29) is 11.9 Å². The van der Waals surface area contributed by atoms with E-state index in [0.29, 0.717) is 16.6 Å². The Balaban J connectivity index is 1.69. The van der Waals surface area contributed by atoms with Crippen molar-refractivity contribution in [3.8, 4) is 0 Å². The van der Waals surface area contributed by atoms with Gasteiger partial charge in [0.2, 0.25) is 0 Å². The molecule has 1 saturated carbocycles. The maximum absolute atomic E-state index is 12.5. The Bertz CT molecular complexity index is 519. The first kappa shape index (κ1) is 14.6. The maximum atomic E-state index is 12.5. The molecule has 1 amide bonds. The number of nitrogens with two attached hydrogens (primary N) is 2. The summed E-state index contributed by atoms with van der Waals surface area (Å²) >= 11 is 1.41. The second-order valence-electron chi connectivity index (χ2n) is 6.16. The summed E-state index contributed by atoms with van der Waals surface area (Å²) in [4.78, 5) is 21.4. The molecule has 21 heavy (non-hydrogen) atoms. The molecule has 4 N–H and O–H groups in total. The first-order valence-corrected chi connectivity index (χ1v) is 8.38. The summed E-state index contributed by atoms with van der Waals surface area (Å²) in [7, 11) is 1.85. The van der Waals surface area contributed by atoms with Gasteiger partial charge in [0.1, 0.15) is 10.7 Å². The van der Waals surface area contributed by atoms with Crippen LogP contribution in [0.5, 0.6) is 0 Å². The highest BCUT2D eigenvalue weighted by Crippen LogP contribution is 2.33. The number of hydrogen-bond donors (Lipinski definition) is 2. The Hall–Kier alpha value is -1.34. The SMILES string of the molecule is CN(CC1CC1)C(=O)c1sc(N2CCC(N)CC2)nc1N. The average molecular weight is 309 g/mol. The number of carbonyl (C=O) groups is 1. The molecular weight excluding hydrogens is 286 g/mol. The van der Waals surface area contributed by atoms with Gasteiger partial charge in [0.15, 0.2) is 5.13 Å². The van der Waals surface area contributed by atoms with E-state index < -0.39 is 0 Å². The lowest BCUT2D eigenvalue weighted by Crippen LogP contribution is -2.39. The standard InChI is InChI=1S/C14H23N5OS/c1-18(8-9-2-3-9)13(20)11-12(16)17-14(21-11)19-6-4-10(15)5-7-19/h9-10H,2-8,15-16H2,1H3. The molecule has 2 heterocycles. The van der Waals surface area contributed by atoms with Gasteiger partial charge in [0, 0.05) is 32.7 Å². The van der Waals surface area contributed by atoms with Gasteiger partial charge in [-0.15, -0.1) is 0 Å². The lowest BCUT2D eigenvalue weighted by molar-refractivity contribution is 0.0794. The van der Waals surface area contributed by atoms with Crippen molar-refractivity contribution in [2.24, 2.45) is 11.7 Å². The first-order chi connectivity index (χ1) is 10.0. The van der Waals surface area contributed by atoms with Crippen LogP contribution in [0.25, 0.3) is 0 Å². The maximum Gasteiger partial charge on any atom is 0.267 e. The fourth-order valence-electron chi connectivity index (χ4n) is 2.64. The third kappa shape index (κ3) is 3.29. The topological polar surface area (TPSA) is 88.5 Å². The molecule has 6 nitrogen and oxygen atoms in total. The van der Waals surface area contributed by atoms with Crippen molar-refractivity contribution in [2.45, 2.75) is 31.7 Å². The van der Waals surface area contributed by atoms with Crippen LogP contribution < -0.4 is 16.4 Å². The van der Waals surface area contributed by atoms with Crippen LogP contribution in [0.2, 0.25) is 0 Å². The van der Waals surface area contributed by atoms with Crippen LogP contribution in [-0.4, -0.2) is 48.5 Å². The number of amides is 1. The molecule has 0 atom stereocenters. The normalized spacial score (nSPS) is 19.8. The highest BCUT2D eigenvalue weighted by atomic mass is 32.1. The zero-order valence-corrected chi connectivity index (χ0v) is 13.2. The van der Waals surface area contributed by atoms with Crippen molar-refractivity contribution < 1.29 is 4.79 Å². The minimum atomic E-state index is -0.00291. The third-order valence-electron chi connectivity index (χ3n) is 4.22. The Morgan fingerprint density at radius 2 is 2.05 bits per heavy atom. The number of anilines is 2. The number of carbonyl (C=O) groups excluding carboxylic acids is 1. The lowest BCUT2D eigenvalue weighted by Gasteiger charge is -2.29. The molecule has 7 heteroatoms. The van der Waals surface area contributed by atoms with Gasteiger partial charge in [-0.2, -0.15) is 0 Å². The molecular formula is C14H23N5OS. The number of rotatable bonds is 4. The van der Waals surface area contributed by atoms with Crippen LogP contribution in [0.3, 0.4) is 0 Å². The predicted molar refractivity (Wildman–Crippen MR) is 85.6 cm³/mol. The number of thiazole rings is 1. The number of nitrogens with zero attached hydrogens (tertiary/aromatic N) is 3. The monoisotopic (exact) mass is 309 g/mol. The van der Waals surface area contributed by atoms with Gasteiger partial charge >= 0.3 is 0 Å². The van der Waals surface area contributed by atoms with E-state index in [2.05, 4.69) is 9.88 Å². The second-order valence-corrected chi connectivity index (χ2v) is 7.14. The minimum Gasteiger partial charge on any atom is -0.382 e. The molecule has 1 aliphatic carbocycles. The zero-order valence-electron chi connectivity index (χ0n) is 12.4. The third-order valence-corrected chi connectivity index (χ3v) is 5.34. The van der Waals surface area contributed by atoms with E-state index in [1.54, 1.807) is 4.90 Å². The van der Waals surface area contributed by atoms with E-state index in [1.165, 1.54) is 24.2 Å². The summed E-state index contributed by atoms with van der Waals surface area (Å²) in [5.74, 6) is 1.03. The fourth-order valence-corrected chi connectivity index (χ4v) is 3.68. The summed E-state index contributed by atoms with van der Waals surface area (Å²) in [6.45, 7) is 2.60. The molecule has 1 saturated heterocycles. The molecule has 0 unspecified atom stereocenters. The van der Waals surface area contributed by atoms with Gasteiger partial charge in [-0.25, -0.2) is 4.98 Å². The number of piperidine rings is 1. The van der Waals surface area contributed by atoms with E-state index in [9.17, 15) is 4.79 Å². The van der Waals surface area contributed by atoms with E-state index >= 15 is 0 Å². The summed E-state index contributed by atoms with van der Waals surface area (Å²) in [6, 6.07) is 0.282. The molecule has 0 bridgehead atoms. The lowest BCUT2D eigenvalue weighted by atomic mass is 10.1. The highest BCUT2D eigenvalue weighted by Gasteiger charge is 2.28. The summed E-state index contributed by atoms with van der Waals surface area (Å²) in [5.41, 5.74) is 11.9. The molecule has 3 rings (SSSR count). The Kier molecular flexibility index (Phi) is 4.03.